The Labute approximate surface area is 365 Å². The Morgan fingerprint density at radius 2 is 0.548 bits per heavy atom. The van der Waals surface area contributed by atoms with Gasteiger partial charge in [-0.2, -0.15) is 0 Å². The highest BCUT2D eigenvalue weighted by Gasteiger charge is 2.19. The van der Waals surface area contributed by atoms with Crippen LogP contribution in [0.15, 0.2) is 267 Å². The lowest BCUT2D eigenvalue weighted by atomic mass is 9.91. The molecule has 1 unspecified atom stereocenters. The van der Waals surface area contributed by atoms with Crippen LogP contribution in [0.25, 0.3) is 44.5 Å². The zero-order chi connectivity index (χ0) is 41.5. The Balaban J connectivity index is 0.948. The van der Waals surface area contributed by atoms with Crippen molar-refractivity contribution in [2.24, 2.45) is 0 Å². The van der Waals surface area contributed by atoms with Crippen molar-refractivity contribution in [3.8, 4) is 44.5 Å². The molecule has 9 aromatic carbocycles. The summed E-state index contributed by atoms with van der Waals surface area (Å²) in [5.74, 6) is 0.367. The highest BCUT2D eigenvalue weighted by Crippen LogP contribution is 2.40. The van der Waals surface area contributed by atoms with Crippen molar-refractivity contribution in [2.75, 3.05) is 9.80 Å². The number of rotatable bonds is 11. The van der Waals surface area contributed by atoms with E-state index in [1.165, 1.54) is 55.8 Å². The molecule has 0 heterocycles. The molecule has 0 saturated carbocycles. The van der Waals surface area contributed by atoms with Gasteiger partial charge in [0.15, 0.2) is 0 Å². The largest absolute Gasteiger partial charge is 0.311 e. The molecule has 62 heavy (non-hydrogen) atoms. The van der Waals surface area contributed by atoms with E-state index < -0.39 is 0 Å². The van der Waals surface area contributed by atoms with E-state index in [-0.39, 0.29) is 0 Å². The molecule has 10 rings (SSSR count). The predicted molar refractivity (Wildman–Crippen MR) is 262 cm³/mol. The van der Waals surface area contributed by atoms with Gasteiger partial charge < -0.3 is 9.80 Å². The maximum absolute atomic E-state index is 2.38. The van der Waals surface area contributed by atoms with Gasteiger partial charge in [0.2, 0.25) is 0 Å². The van der Waals surface area contributed by atoms with Crippen LogP contribution in [0, 0.1) is 0 Å². The third-order valence-corrected chi connectivity index (χ3v) is 11.8. The maximum atomic E-state index is 2.38. The molecule has 1 atom stereocenters. The number of hydrogen-bond acceptors (Lipinski definition) is 2. The third-order valence-electron chi connectivity index (χ3n) is 11.8. The van der Waals surface area contributed by atoms with Gasteiger partial charge in [-0.05, 0) is 123 Å². The lowest BCUT2D eigenvalue weighted by Crippen LogP contribution is -2.17. The standard InChI is InChI=1S/C60H46N2/c1-5-13-45(14-6-1)49-21-33-55(34-22-49)61(56-35-23-50(24-36-56)46-15-7-2-8-16-46)59-41-29-53(30-42-59)54-31-43-60(44-32-54)62(57-37-25-51(26-38-57)47-17-9-3-10-18-47)58-39-27-52(28-40-58)48-19-11-4-12-20-48/h1-27,29-44,52H,28H2. The Bertz CT molecular complexity index is 2820. The molecule has 0 spiro atoms. The molecule has 296 valence electrons. The Morgan fingerprint density at radius 3 is 0.839 bits per heavy atom. The lowest BCUT2D eigenvalue weighted by Gasteiger charge is -2.29. The molecule has 0 aromatic heterocycles. The van der Waals surface area contributed by atoms with Crippen molar-refractivity contribution < 1.29 is 0 Å². The summed E-state index contributed by atoms with van der Waals surface area (Å²) in [6.45, 7) is 0. The first-order valence-electron chi connectivity index (χ1n) is 21.4. The second kappa shape index (κ2) is 17.7. The smallest absolute Gasteiger partial charge is 0.0462 e. The predicted octanol–water partition coefficient (Wildman–Crippen LogP) is 16.6. The fourth-order valence-electron chi connectivity index (χ4n) is 8.52. The van der Waals surface area contributed by atoms with Gasteiger partial charge in [-0.1, -0.05) is 194 Å². The molecule has 0 saturated heterocycles. The number of allylic oxidation sites excluding steroid dienone is 3. The summed E-state index contributed by atoms with van der Waals surface area (Å²) in [7, 11) is 0. The van der Waals surface area contributed by atoms with E-state index in [2.05, 4.69) is 271 Å². The van der Waals surface area contributed by atoms with Crippen molar-refractivity contribution in [2.45, 2.75) is 12.3 Å². The average molecular weight is 795 g/mol. The monoisotopic (exact) mass is 794 g/mol. The van der Waals surface area contributed by atoms with E-state index in [4.69, 9.17) is 0 Å². The molecule has 0 aliphatic heterocycles. The summed E-state index contributed by atoms with van der Waals surface area (Å²) >= 11 is 0. The molecule has 0 amide bonds. The number of nitrogens with zero attached hydrogens (tertiary/aromatic N) is 2. The van der Waals surface area contributed by atoms with Crippen LogP contribution in [-0.2, 0) is 0 Å². The number of anilines is 5. The van der Waals surface area contributed by atoms with Gasteiger partial charge >= 0.3 is 0 Å². The molecule has 0 N–H and O–H groups in total. The van der Waals surface area contributed by atoms with Gasteiger partial charge in [-0.25, -0.2) is 0 Å². The normalized spacial score (nSPS) is 13.3. The summed E-state index contributed by atoms with van der Waals surface area (Å²) in [4.78, 5) is 4.72. The van der Waals surface area contributed by atoms with Crippen molar-refractivity contribution in [3.05, 3.63) is 272 Å². The first-order valence-corrected chi connectivity index (χ1v) is 21.4. The van der Waals surface area contributed by atoms with E-state index in [1.807, 2.05) is 0 Å². The zero-order valence-corrected chi connectivity index (χ0v) is 34.5. The first kappa shape index (κ1) is 38.3. The van der Waals surface area contributed by atoms with Crippen LogP contribution in [0.5, 0.6) is 0 Å². The minimum absolute atomic E-state index is 0.367. The molecule has 9 aromatic rings. The van der Waals surface area contributed by atoms with Crippen molar-refractivity contribution in [1.29, 1.82) is 0 Å². The highest BCUT2D eigenvalue weighted by atomic mass is 15.1. The van der Waals surface area contributed by atoms with Gasteiger partial charge in [0.25, 0.3) is 0 Å². The van der Waals surface area contributed by atoms with Gasteiger partial charge in [0.1, 0.15) is 0 Å². The second-order valence-electron chi connectivity index (χ2n) is 15.7. The summed E-state index contributed by atoms with van der Waals surface area (Å²) in [5, 5.41) is 0. The van der Waals surface area contributed by atoms with Crippen LogP contribution in [-0.4, -0.2) is 0 Å². The SMILES string of the molecule is C1=CC(c2ccccc2)CC=C1N(c1ccc(-c2ccccc2)cc1)c1ccc(-c2ccc(N(c3ccc(-c4ccccc4)cc3)c3ccc(-c4ccccc4)cc3)cc2)cc1. The topological polar surface area (TPSA) is 6.48 Å². The molecule has 2 nitrogen and oxygen atoms in total. The third kappa shape index (κ3) is 8.28. The fourth-order valence-corrected chi connectivity index (χ4v) is 8.52. The summed E-state index contributed by atoms with van der Waals surface area (Å²) < 4.78 is 0. The lowest BCUT2D eigenvalue weighted by molar-refractivity contribution is 0.840. The van der Waals surface area contributed by atoms with Crippen LogP contribution < -0.4 is 9.80 Å². The minimum atomic E-state index is 0.367. The zero-order valence-electron chi connectivity index (χ0n) is 34.5. The van der Waals surface area contributed by atoms with Crippen LogP contribution >= 0.6 is 0 Å². The minimum Gasteiger partial charge on any atom is -0.311 e. The molecule has 0 fully saturated rings. The first-order chi connectivity index (χ1) is 30.7. The molecule has 0 bridgehead atoms. The fraction of sp³-hybridized carbons (Fsp3) is 0.0333. The number of benzene rings is 9. The summed E-state index contributed by atoms with van der Waals surface area (Å²) in [6.07, 6.45) is 7.97. The summed E-state index contributed by atoms with van der Waals surface area (Å²) in [6, 6.07) is 87.1. The number of hydrogen-bond donors (Lipinski definition) is 0. The second-order valence-corrected chi connectivity index (χ2v) is 15.7. The molecule has 2 heteroatoms. The van der Waals surface area contributed by atoms with E-state index in [9.17, 15) is 0 Å². The van der Waals surface area contributed by atoms with E-state index >= 15 is 0 Å². The molecule has 1 aliphatic rings. The maximum Gasteiger partial charge on any atom is 0.0462 e. The highest BCUT2D eigenvalue weighted by molar-refractivity contribution is 5.82. The summed E-state index contributed by atoms with van der Waals surface area (Å²) in [5.41, 5.74) is 17.6. The molecular weight excluding hydrogens is 749 g/mol. The van der Waals surface area contributed by atoms with Gasteiger partial charge in [-0.3, -0.25) is 0 Å². The van der Waals surface area contributed by atoms with Crippen LogP contribution in [0.2, 0.25) is 0 Å². The van der Waals surface area contributed by atoms with Crippen molar-refractivity contribution in [1.82, 2.24) is 0 Å². The Morgan fingerprint density at radius 1 is 0.274 bits per heavy atom. The van der Waals surface area contributed by atoms with Crippen molar-refractivity contribution >= 4 is 28.4 Å². The Hall–Kier alpha value is -7.94. The van der Waals surface area contributed by atoms with Gasteiger partial charge in [0.05, 0.1) is 0 Å². The molecule has 0 radical (unpaired) electrons. The van der Waals surface area contributed by atoms with Crippen LogP contribution in [0.1, 0.15) is 17.9 Å². The van der Waals surface area contributed by atoms with Crippen LogP contribution in [0.4, 0.5) is 28.4 Å². The van der Waals surface area contributed by atoms with Gasteiger partial charge in [-0.15, -0.1) is 0 Å². The van der Waals surface area contributed by atoms with E-state index in [0.29, 0.717) is 5.92 Å². The quantitative estimate of drug-likeness (QED) is 0.129. The van der Waals surface area contributed by atoms with Gasteiger partial charge in [0, 0.05) is 40.1 Å². The van der Waals surface area contributed by atoms with Crippen LogP contribution in [0.3, 0.4) is 0 Å². The average Bonchev–Trinajstić information content (AvgIpc) is 3.36. The Kier molecular flexibility index (Phi) is 10.9. The molecular formula is C60H46N2. The van der Waals surface area contributed by atoms with E-state index in [0.717, 1.165) is 34.9 Å². The van der Waals surface area contributed by atoms with Crippen molar-refractivity contribution in [3.63, 3.8) is 0 Å². The van der Waals surface area contributed by atoms with E-state index in [1.54, 1.807) is 0 Å². The molecule has 1 aliphatic carbocycles.